The van der Waals surface area contributed by atoms with E-state index in [2.05, 4.69) is 15.5 Å². The van der Waals surface area contributed by atoms with E-state index in [-0.39, 0.29) is 12.5 Å². The molecule has 1 rings (SSSR count). The molecule has 0 fully saturated rings. The van der Waals surface area contributed by atoms with Crippen molar-refractivity contribution >= 4 is 5.91 Å². The van der Waals surface area contributed by atoms with Crippen LogP contribution >= 0.6 is 0 Å². The highest BCUT2D eigenvalue weighted by molar-refractivity contribution is 5.84. The van der Waals surface area contributed by atoms with E-state index in [9.17, 15) is 4.79 Å². The summed E-state index contributed by atoms with van der Waals surface area (Å²) >= 11 is 0. The van der Waals surface area contributed by atoms with Crippen LogP contribution in [-0.2, 0) is 11.3 Å². The molecule has 16 heavy (non-hydrogen) atoms. The Balaban J connectivity index is 2.57. The summed E-state index contributed by atoms with van der Waals surface area (Å²) in [5.41, 5.74) is -1.00. The lowest BCUT2D eigenvalue weighted by molar-refractivity contribution is -0.127. The minimum absolute atomic E-state index is 0.150. The highest BCUT2D eigenvalue weighted by atomic mass is 16.5. The average molecular weight is 222 g/mol. The van der Waals surface area contributed by atoms with E-state index >= 15 is 0 Å². The van der Waals surface area contributed by atoms with E-state index in [0.29, 0.717) is 18.1 Å². The molecule has 1 aromatic heterocycles. The number of aromatic nitrogens is 2. The minimum atomic E-state index is -1.00. The lowest BCUT2D eigenvalue weighted by Crippen LogP contribution is -2.37. The molecule has 0 saturated carbocycles. The molecule has 86 valence electrons. The summed E-state index contributed by atoms with van der Waals surface area (Å²) < 4.78 is 4.84. The van der Waals surface area contributed by atoms with Crippen molar-refractivity contribution in [2.75, 3.05) is 0 Å². The van der Waals surface area contributed by atoms with Crippen LogP contribution in [0.5, 0.6) is 0 Å². The van der Waals surface area contributed by atoms with E-state index in [1.165, 1.54) is 0 Å². The van der Waals surface area contributed by atoms with Gasteiger partial charge in [0.25, 0.3) is 0 Å². The number of nitrogens with zero attached hydrogens (tertiary/aromatic N) is 3. The van der Waals surface area contributed by atoms with Crippen molar-refractivity contribution in [3.63, 3.8) is 0 Å². The number of rotatable bonds is 4. The molecular formula is C10H14N4O2. The number of hydrogen-bond donors (Lipinski definition) is 1. The fourth-order valence-corrected chi connectivity index (χ4v) is 1.05. The third-order valence-corrected chi connectivity index (χ3v) is 2.42. The number of carbonyl (C=O) groups excluding carboxylic acids is 1. The van der Waals surface area contributed by atoms with Crippen LogP contribution in [0.25, 0.3) is 0 Å². The van der Waals surface area contributed by atoms with Gasteiger partial charge in [-0.3, -0.25) is 4.79 Å². The molecule has 1 unspecified atom stereocenters. The third-order valence-electron chi connectivity index (χ3n) is 2.42. The normalized spacial score (nSPS) is 13.9. The molecule has 1 N–H and O–H groups in total. The van der Waals surface area contributed by atoms with Gasteiger partial charge in [0.05, 0.1) is 12.6 Å². The van der Waals surface area contributed by atoms with Gasteiger partial charge in [-0.25, -0.2) is 0 Å². The fourth-order valence-electron chi connectivity index (χ4n) is 1.05. The maximum Gasteiger partial charge on any atom is 0.246 e. The van der Waals surface area contributed by atoms with Crippen LogP contribution < -0.4 is 5.32 Å². The number of aryl methyl sites for hydroxylation is 1. The first-order chi connectivity index (χ1) is 7.51. The van der Waals surface area contributed by atoms with Crippen molar-refractivity contribution in [2.24, 2.45) is 5.41 Å². The number of hydrogen-bond acceptors (Lipinski definition) is 5. The van der Waals surface area contributed by atoms with Crippen LogP contribution in [0.3, 0.4) is 0 Å². The van der Waals surface area contributed by atoms with E-state index in [0.717, 1.165) is 0 Å². The second-order valence-corrected chi connectivity index (χ2v) is 3.72. The summed E-state index contributed by atoms with van der Waals surface area (Å²) in [7, 11) is 0. The van der Waals surface area contributed by atoms with Crippen molar-refractivity contribution in [3.8, 4) is 6.07 Å². The van der Waals surface area contributed by atoms with Crippen LogP contribution in [0.1, 0.15) is 32.0 Å². The van der Waals surface area contributed by atoms with Gasteiger partial charge in [0, 0.05) is 0 Å². The summed E-state index contributed by atoms with van der Waals surface area (Å²) in [5, 5.41) is 15.1. The van der Waals surface area contributed by atoms with Gasteiger partial charge in [-0.05, 0) is 20.3 Å². The molecule has 1 amide bonds. The van der Waals surface area contributed by atoms with E-state index in [1.54, 1.807) is 20.8 Å². The van der Waals surface area contributed by atoms with Gasteiger partial charge in [-0.2, -0.15) is 10.2 Å². The molecule has 0 aliphatic carbocycles. The SMILES string of the molecule is CCC(C)(C#N)C(=O)NCc1nc(C)no1. The molecule has 0 radical (unpaired) electrons. The molecule has 6 nitrogen and oxygen atoms in total. The summed E-state index contributed by atoms with van der Waals surface area (Å²) in [5.74, 6) is 0.526. The smallest absolute Gasteiger partial charge is 0.246 e. The van der Waals surface area contributed by atoms with Gasteiger partial charge in [0.1, 0.15) is 5.41 Å². The van der Waals surface area contributed by atoms with Crippen LogP contribution in [0, 0.1) is 23.7 Å². The van der Waals surface area contributed by atoms with Crippen LogP contribution in [0.2, 0.25) is 0 Å². The monoisotopic (exact) mass is 222 g/mol. The highest BCUT2D eigenvalue weighted by Crippen LogP contribution is 2.19. The number of amides is 1. The molecule has 1 aromatic rings. The van der Waals surface area contributed by atoms with Crippen molar-refractivity contribution < 1.29 is 9.32 Å². The average Bonchev–Trinajstić information content (AvgIpc) is 2.70. The Bertz CT molecular complexity index is 421. The second-order valence-electron chi connectivity index (χ2n) is 3.72. The van der Waals surface area contributed by atoms with Crippen molar-refractivity contribution in [3.05, 3.63) is 11.7 Å². The lowest BCUT2D eigenvalue weighted by Gasteiger charge is -2.17. The van der Waals surface area contributed by atoms with Crippen LogP contribution in [0.15, 0.2) is 4.52 Å². The Morgan fingerprint density at radius 1 is 1.69 bits per heavy atom. The highest BCUT2D eigenvalue weighted by Gasteiger charge is 2.31. The molecule has 1 atom stereocenters. The van der Waals surface area contributed by atoms with E-state index in [4.69, 9.17) is 9.78 Å². The zero-order chi connectivity index (χ0) is 12.2. The molecule has 0 aromatic carbocycles. The molecule has 0 bridgehead atoms. The van der Waals surface area contributed by atoms with Gasteiger partial charge in [-0.15, -0.1) is 0 Å². The number of nitrogens with one attached hydrogen (secondary N) is 1. The Morgan fingerprint density at radius 2 is 2.38 bits per heavy atom. The Kier molecular flexibility index (Phi) is 3.61. The van der Waals surface area contributed by atoms with Gasteiger partial charge in [0.2, 0.25) is 11.8 Å². The second kappa shape index (κ2) is 4.75. The fraction of sp³-hybridized carbons (Fsp3) is 0.600. The molecule has 0 aliphatic heterocycles. The molecule has 0 saturated heterocycles. The van der Waals surface area contributed by atoms with Crippen LogP contribution in [-0.4, -0.2) is 16.0 Å². The standard InChI is InChI=1S/C10H14N4O2/c1-4-10(3,6-11)9(15)12-5-8-13-7(2)14-16-8/h4-5H2,1-3H3,(H,12,15). The number of carbonyl (C=O) groups is 1. The molecule has 6 heteroatoms. The summed E-state index contributed by atoms with van der Waals surface area (Å²) in [6.07, 6.45) is 0.457. The molecule has 0 spiro atoms. The van der Waals surface area contributed by atoms with Crippen molar-refractivity contribution in [1.82, 2.24) is 15.5 Å². The first-order valence-electron chi connectivity index (χ1n) is 5.00. The van der Waals surface area contributed by atoms with Crippen molar-refractivity contribution in [2.45, 2.75) is 33.7 Å². The van der Waals surface area contributed by atoms with E-state index < -0.39 is 5.41 Å². The Morgan fingerprint density at radius 3 is 2.81 bits per heavy atom. The number of nitriles is 1. The van der Waals surface area contributed by atoms with Gasteiger partial charge in [0.15, 0.2) is 5.82 Å². The molecule has 0 aliphatic rings. The first-order valence-corrected chi connectivity index (χ1v) is 5.00. The quantitative estimate of drug-likeness (QED) is 0.818. The predicted octanol–water partition coefficient (Wildman–Crippen LogP) is 0.934. The zero-order valence-electron chi connectivity index (χ0n) is 9.57. The van der Waals surface area contributed by atoms with Gasteiger partial charge >= 0.3 is 0 Å². The van der Waals surface area contributed by atoms with E-state index in [1.807, 2.05) is 6.07 Å². The maximum absolute atomic E-state index is 11.7. The third kappa shape index (κ3) is 2.57. The molecule has 1 heterocycles. The Hall–Kier alpha value is -1.90. The predicted molar refractivity (Wildman–Crippen MR) is 54.9 cm³/mol. The largest absolute Gasteiger partial charge is 0.346 e. The summed E-state index contributed by atoms with van der Waals surface area (Å²) in [4.78, 5) is 15.6. The molecular weight excluding hydrogens is 208 g/mol. The minimum Gasteiger partial charge on any atom is -0.346 e. The Labute approximate surface area is 93.6 Å². The topological polar surface area (TPSA) is 91.8 Å². The maximum atomic E-state index is 11.7. The van der Waals surface area contributed by atoms with Crippen LogP contribution in [0.4, 0.5) is 0 Å². The summed E-state index contributed by atoms with van der Waals surface area (Å²) in [6, 6.07) is 1.99. The van der Waals surface area contributed by atoms with Crippen molar-refractivity contribution in [1.29, 1.82) is 5.26 Å². The van der Waals surface area contributed by atoms with Gasteiger partial charge < -0.3 is 9.84 Å². The first kappa shape index (κ1) is 12.2. The zero-order valence-corrected chi connectivity index (χ0v) is 9.57. The lowest BCUT2D eigenvalue weighted by atomic mass is 9.88. The van der Waals surface area contributed by atoms with Gasteiger partial charge in [-0.1, -0.05) is 12.1 Å². The summed E-state index contributed by atoms with van der Waals surface area (Å²) in [6.45, 7) is 5.23.